The molecule has 0 radical (unpaired) electrons. The summed E-state index contributed by atoms with van der Waals surface area (Å²) in [4.78, 5) is 11.2. The van der Waals surface area contributed by atoms with Crippen molar-refractivity contribution < 1.29 is 4.79 Å². The minimum absolute atomic E-state index is 0.0367. The molecule has 13 heavy (non-hydrogen) atoms. The normalized spacial score (nSPS) is 17.5. The number of rotatable bonds is 5. The Balaban J connectivity index is 2.05. The van der Waals surface area contributed by atoms with Gasteiger partial charge < -0.3 is 10.6 Å². The second-order valence-corrected chi connectivity index (χ2v) is 3.53. The van der Waals surface area contributed by atoms with Crippen molar-refractivity contribution in [1.82, 2.24) is 10.6 Å². The van der Waals surface area contributed by atoms with E-state index in [4.69, 9.17) is 6.42 Å². The van der Waals surface area contributed by atoms with Gasteiger partial charge in [-0.2, -0.15) is 0 Å². The topological polar surface area (TPSA) is 41.1 Å². The van der Waals surface area contributed by atoms with Crippen LogP contribution in [-0.2, 0) is 4.79 Å². The monoisotopic (exact) mass is 180 g/mol. The third-order valence-corrected chi connectivity index (χ3v) is 1.96. The van der Waals surface area contributed by atoms with Crippen LogP contribution >= 0.6 is 0 Å². The molecule has 1 atom stereocenters. The molecule has 0 aromatic rings. The van der Waals surface area contributed by atoms with E-state index in [9.17, 15) is 4.79 Å². The predicted octanol–water partition coefficient (Wildman–Crippen LogP) is 0.266. The fourth-order valence-electron chi connectivity index (χ4n) is 1.08. The van der Waals surface area contributed by atoms with Gasteiger partial charge in [0.05, 0.1) is 6.54 Å². The van der Waals surface area contributed by atoms with Gasteiger partial charge >= 0.3 is 0 Å². The summed E-state index contributed by atoms with van der Waals surface area (Å²) in [7, 11) is 0. The molecule has 72 valence electrons. The molecule has 1 fully saturated rings. The second-order valence-electron chi connectivity index (χ2n) is 3.53. The maximum absolute atomic E-state index is 11.2. The number of terminal acetylenes is 1. The van der Waals surface area contributed by atoms with Crippen molar-refractivity contribution in [3.05, 3.63) is 0 Å². The molecule has 3 heteroatoms. The first-order chi connectivity index (χ1) is 6.22. The largest absolute Gasteiger partial charge is 0.352 e. The molecule has 0 spiro atoms. The number of hydrogen-bond acceptors (Lipinski definition) is 2. The van der Waals surface area contributed by atoms with Gasteiger partial charge in [0.15, 0.2) is 0 Å². The number of carbonyl (C=O) groups excluding carboxylic acids is 1. The summed E-state index contributed by atoms with van der Waals surface area (Å²) in [6.45, 7) is 2.33. The lowest BCUT2D eigenvalue weighted by atomic mass is 10.2. The summed E-state index contributed by atoms with van der Waals surface area (Å²) in [6.07, 6.45) is 8.12. The van der Waals surface area contributed by atoms with Crippen LogP contribution in [0, 0.1) is 12.3 Å². The average Bonchev–Trinajstić information content (AvgIpc) is 2.84. The molecule has 2 N–H and O–H groups in total. The standard InChI is InChI=1S/C10H16N2O/c1-3-4-8(2)12-10(13)7-11-9-5-6-9/h1,8-9,11H,4-7H2,2H3,(H,12,13). The molecule has 0 heterocycles. The van der Waals surface area contributed by atoms with Crippen LogP contribution < -0.4 is 10.6 Å². The van der Waals surface area contributed by atoms with Gasteiger partial charge in [-0.25, -0.2) is 0 Å². The molecule has 1 unspecified atom stereocenters. The fourth-order valence-corrected chi connectivity index (χ4v) is 1.08. The van der Waals surface area contributed by atoms with E-state index in [1.165, 1.54) is 12.8 Å². The molecule has 3 nitrogen and oxygen atoms in total. The predicted molar refractivity (Wildman–Crippen MR) is 52.1 cm³/mol. The zero-order valence-electron chi connectivity index (χ0n) is 7.97. The van der Waals surface area contributed by atoms with Crippen molar-refractivity contribution in [2.75, 3.05) is 6.54 Å². The van der Waals surface area contributed by atoms with Crippen molar-refractivity contribution in [2.24, 2.45) is 0 Å². The Bertz CT molecular complexity index is 215. The third-order valence-electron chi connectivity index (χ3n) is 1.96. The van der Waals surface area contributed by atoms with Crippen LogP contribution in [0.4, 0.5) is 0 Å². The number of hydrogen-bond donors (Lipinski definition) is 2. The van der Waals surface area contributed by atoms with Gasteiger partial charge in [-0.3, -0.25) is 4.79 Å². The third kappa shape index (κ3) is 4.54. The van der Waals surface area contributed by atoms with Crippen molar-refractivity contribution >= 4 is 5.91 Å². The van der Waals surface area contributed by atoms with Crippen LogP contribution in [-0.4, -0.2) is 24.5 Å². The summed E-state index contributed by atoms with van der Waals surface area (Å²) in [6, 6.07) is 0.659. The van der Waals surface area contributed by atoms with Crippen LogP contribution in [0.25, 0.3) is 0 Å². The molecule has 1 aliphatic rings. The van der Waals surface area contributed by atoms with E-state index in [0.29, 0.717) is 19.0 Å². The number of amides is 1. The lowest BCUT2D eigenvalue weighted by Gasteiger charge is -2.10. The van der Waals surface area contributed by atoms with E-state index in [2.05, 4.69) is 16.6 Å². The maximum atomic E-state index is 11.2. The molecule has 1 amide bonds. The highest BCUT2D eigenvalue weighted by Gasteiger charge is 2.21. The van der Waals surface area contributed by atoms with E-state index < -0.39 is 0 Å². The molecule has 0 aliphatic heterocycles. The van der Waals surface area contributed by atoms with E-state index in [1.54, 1.807) is 0 Å². The molecule has 0 bridgehead atoms. The molecule has 0 aromatic carbocycles. The zero-order valence-corrected chi connectivity index (χ0v) is 7.97. The van der Waals surface area contributed by atoms with Crippen molar-refractivity contribution in [1.29, 1.82) is 0 Å². The van der Waals surface area contributed by atoms with Crippen molar-refractivity contribution in [3.8, 4) is 12.3 Å². The second kappa shape index (κ2) is 4.88. The zero-order chi connectivity index (χ0) is 9.68. The summed E-state index contributed by atoms with van der Waals surface area (Å²) >= 11 is 0. The highest BCUT2D eigenvalue weighted by molar-refractivity contribution is 5.78. The Labute approximate surface area is 79.3 Å². The van der Waals surface area contributed by atoms with Crippen LogP contribution in [0.1, 0.15) is 26.2 Å². The van der Waals surface area contributed by atoms with Gasteiger partial charge in [-0.1, -0.05) is 0 Å². The summed E-state index contributed by atoms with van der Waals surface area (Å²) in [5.41, 5.74) is 0. The van der Waals surface area contributed by atoms with Gasteiger partial charge in [0.1, 0.15) is 0 Å². The first-order valence-electron chi connectivity index (χ1n) is 4.68. The SMILES string of the molecule is C#CCC(C)NC(=O)CNC1CC1. The van der Waals surface area contributed by atoms with Crippen LogP contribution in [0.2, 0.25) is 0 Å². The van der Waals surface area contributed by atoms with Crippen LogP contribution in [0.5, 0.6) is 0 Å². The number of carbonyl (C=O) groups is 1. The molecule has 1 rings (SSSR count). The summed E-state index contributed by atoms with van der Waals surface area (Å²) in [5, 5.41) is 5.96. The van der Waals surface area contributed by atoms with Gasteiger partial charge in [0.2, 0.25) is 5.91 Å². The molecule has 0 saturated heterocycles. The minimum Gasteiger partial charge on any atom is -0.352 e. The lowest BCUT2D eigenvalue weighted by Crippen LogP contribution is -2.39. The Hall–Kier alpha value is -1.01. The van der Waals surface area contributed by atoms with Crippen LogP contribution in [0.15, 0.2) is 0 Å². The Morgan fingerprint density at radius 3 is 2.92 bits per heavy atom. The smallest absolute Gasteiger partial charge is 0.234 e. The van der Waals surface area contributed by atoms with Gasteiger partial charge in [0.25, 0.3) is 0 Å². The van der Waals surface area contributed by atoms with E-state index in [0.717, 1.165) is 0 Å². The molecular weight excluding hydrogens is 164 g/mol. The van der Waals surface area contributed by atoms with E-state index in [1.807, 2.05) is 6.92 Å². The molecule has 0 aromatic heterocycles. The van der Waals surface area contributed by atoms with E-state index in [-0.39, 0.29) is 11.9 Å². The maximum Gasteiger partial charge on any atom is 0.234 e. The summed E-state index contributed by atoms with van der Waals surface area (Å²) < 4.78 is 0. The minimum atomic E-state index is 0.0367. The van der Waals surface area contributed by atoms with Gasteiger partial charge in [-0.15, -0.1) is 12.3 Å². The molecule has 1 aliphatic carbocycles. The highest BCUT2D eigenvalue weighted by Crippen LogP contribution is 2.17. The fraction of sp³-hybridized carbons (Fsp3) is 0.700. The summed E-state index contributed by atoms with van der Waals surface area (Å²) in [5.74, 6) is 2.55. The van der Waals surface area contributed by atoms with Gasteiger partial charge in [-0.05, 0) is 19.8 Å². The molecule has 1 saturated carbocycles. The molecular formula is C10H16N2O. The Kier molecular flexibility index (Phi) is 3.78. The Morgan fingerprint density at radius 2 is 2.38 bits per heavy atom. The lowest BCUT2D eigenvalue weighted by molar-refractivity contribution is -0.120. The Morgan fingerprint density at radius 1 is 1.69 bits per heavy atom. The first kappa shape index (κ1) is 10.1. The number of nitrogens with one attached hydrogen (secondary N) is 2. The first-order valence-corrected chi connectivity index (χ1v) is 4.68. The average molecular weight is 180 g/mol. The van der Waals surface area contributed by atoms with Crippen molar-refractivity contribution in [3.63, 3.8) is 0 Å². The van der Waals surface area contributed by atoms with E-state index >= 15 is 0 Å². The quantitative estimate of drug-likeness (QED) is 0.596. The van der Waals surface area contributed by atoms with Crippen molar-refractivity contribution in [2.45, 2.75) is 38.3 Å². The highest BCUT2D eigenvalue weighted by atomic mass is 16.1. The van der Waals surface area contributed by atoms with Crippen LogP contribution in [0.3, 0.4) is 0 Å². The van der Waals surface area contributed by atoms with Gasteiger partial charge in [0, 0.05) is 18.5 Å².